The van der Waals surface area contributed by atoms with Crippen molar-refractivity contribution in [1.82, 2.24) is 10.2 Å². The van der Waals surface area contributed by atoms with Crippen LogP contribution >= 0.6 is 0 Å². The summed E-state index contributed by atoms with van der Waals surface area (Å²) < 4.78 is 5.45. The third-order valence-corrected chi connectivity index (χ3v) is 4.90. The fourth-order valence-electron chi connectivity index (χ4n) is 3.51. The molecular weight excluding hydrogens is 310 g/mol. The third kappa shape index (κ3) is 4.61. The molecule has 3 N–H and O–H groups in total. The normalized spacial score (nSPS) is 23.1. The molecular formula is C17H29N3O4. The first-order valence-electron chi connectivity index (χ1n) is 8.97. The highest BCUT2D eigenvalue weighted by atomic mass is 16.6. The van der Waals surface area contributed by atoms with E-state index in [0.717, 1.165) is 32.1 Å². The van der Waals surface area contributed by atoms with Gasteiger partial charge in [0.05, 0.1) is 0 Å². The lowest BCUT2D eigenvalue weighted by Gasteiger charge is -2.30. The van der Waals surface area contributed by atoms with Gasteiger partial charge in [0, 0.05) is 6.54 Å². The summed E-state index contributed by atoms with van der Waals surface area (Å²) in [6, 6.07) is -1.28. The zero-order valence-electron chi connectivity index (χ0n) is 14.6. The van der Waals surface area contributed by atoms with Crippen LogP contribution in [0.1, 0.15) is 58.8 Å². The van der Waals surface area contributed by atoms with Crippen molar-refractivity contribution < 1.29 is 19.1 Å². The van der Waals surface area contributed by atoms with E-state index >= 15 is 0 Å². The van der Waals surface area contributed by atoms with Crippen molar-refractivity contribution in [1.29, 1.82) is 0 Å². The number of ether oxygens (including phenoxy) is 1. The van der Waals surface area contributed by atoms with Crippen LogP contribution in [0.2, 0.25) is 0 Å². The number of nitrogens with two attached hydrogens (primary N) is 1. The molecule has 24 heavy (non-hydrogen) atoms. The second kappa shape index (κ2) is 8.35. The predicted octanol–water partition coefficient (Wildman–Crippen LogP) is 1.55. The molecule has 1 saturated carbocycles. The van der Waals surface area contributed by atoms with Gasteiger partial charge in [-0.05, 0) is 44.4 Å². The molecule has 1 aliphatic heterocycles. The highest BCUT2D eigenvalue weighted by Gasteiger charge is 2.38. The van der Waals surface area contributed by atoms with Gasteiger partial charge < -0.3 is 20.7 Å². The molecule has 7 heteroatoms. The molecule has 7 nitrogen and oxygen atoms in total. The van der Waals surface area contributed by atoms with E-state index in [9.17, 15) is 14.4 Å². The zero-order valence-corrected chi connectivity index (χ0v) is 14.6. The van der Waals surface area contributed by atoms with E-state index in [4.69, 9.17) is 10.5 Å². The number of likely N-dealkylation sites (tertiary alicyclic amines) is 1. The fraction of sp³-hybridized carbons (Fsp3) is 0.824. The molecule has 2 atom stereocenters. The van der Waals surface area contributed by atoms with Crippen LogP contribution in [0.4, 0.5) is 4.79 Å². The molecule has 1 heterocycles. The molecule has 0 unspecified atom stereocenters. The minimum absolute atomic E-state index is 0.0631. The van der Waals surface area contributed by atoms with Gasteiger partial charge >= 0.3 is 6.09 Å². The third-order valence-electron chi connectivity index (χ3n) is 4.90. The molecule has 2 rings (SSSR count). The minimum Gasteiger partial charge on any atom is -0.446 e. The van der Waals surface area contributed by atoms with E-state index in [2.05, 4.69) is 5.32 Å². The van der Waals surface area contributed by atoms with Crippen LogP contribution in [0.5, 0.6) is 0 Å². The number of carbonyl (C=O) groups excluding carboxylic acids is 3. The Balaban J connectivity index is 1.96. The number of nitrogens with one attached hydrogen (secondary N) is 1. The standard InChI is InChI=1S/C17H29N3O4/c1-11(2)14(16(22)20-10-6-9-13(20)15(18)21)19-17(23)24-12-7-4-3-5-8-12/h11-14H,3-10H2,1-2H3,(H2,18,21)(H,19,23)/t13-,14-/m0/s1. The Morgan fingerprint density at radius 1 is 1.08 bits per heavy atom. The van der Waals surface area contributed by atoms with Crippen molar-refractivity contribution >= 4 is 17.9 Å². The summed E-state index contributed by atoms with van der Waals surface area (Å²) >= 11 is 0. The molecule has 136 valence electrons. The maximum atomic E-state index is 12.8. The molecule has 2 fully saturated rings. The van der Waals surface area contributed by atoms with Crippen molar-refractivity contribution in [2.75, 3.05) is 6.54 Å². The van der Waals surface area contributed by atoms with E-state index in [1.807, 2.05) is 13.8 Å². The van der Waals surface area contributed by atoms with Gasteiger partial charge in [0.1, 0.15) is 18.2 Å². The first kappa shape index (κ1) is 18.5. The largest absolute Gasteiger partial charge is 0.446 e. The summed E-state index contributed by atoms with van der Waals surface area (Å²) in [4.78, 5) is 37.9. The van der Waals surface area contributed by atoms with Crippen LogP contribution in [0.15, 0.2) is 0 Å². The molecule has 0 aromatic heterocycles. The monoisotopic (exact) mass is 339 g/mol. The van der Waals surface area contributed by atoms with Gasteiger partial charge in [0.25, 0.3) is 0 Å². The summed E-state index contributed by atoms with van der Waals surface area (Å²) in [5.74, 6) is -0.856. The Bertz CT molecular complexity index is 474. The van der Waals surface area contributed by atoms with Crippen LogP contribution < -0.4 is 11.1 Å². The summed E-state index contributed by atoms with van der Waals surface area (Å²) in [5, 5.41) is 2.70. The van der Waals surface area contributed by atoms with Gasteiger partial charge in [0.15, 0.2) is 0 Å². The maximum Gasteiger partial charge on any atom is 0.408 e. The van der Waals surface area contributed by atoms with Gasteiger partial charge in [-0.25, -0.2) is 4.79 Å². The summed E-state index contributed by atoms with van der Waals surface area (Å²) in [6.45, 7) is 4.21. The molecule has 2 aliphatic rings. The Hall–Kier alpha value is -1.79. The average Bonchev–Trinajstić information content (AvgIpc) is 3.02. The van der Waals surface area contributed by atoms with E-state index in [1.54, 1.807) is 0 Å². The van der Waals surface area contributed by atoms with Crippen molar-refractivity contribution in [3.8, 4) is 0 Å². The minimum atomic E-state index is -0.707. The molecule has 0 aromatic carbocycles. The van der Waals surface area contributed by atoms with Crippen molar-refractivity contribution in [2.24, 2.45) is 11.7 Å². The number of carbonyl (C=O) groups is 3. The number of hydrogen-bond donors (Lipinski definition) is 2. The second-order valence-corrected chi connectivity index (χ2v) is 7.12. The van der Waals surface area contributed by atoms with Gasteiger partial charge in [-0.1, -0.05) is 20.3 Å². The van der Waals surface area contributed by atoms with Crippen LogP contribution in [0.3, 0.4) is 0 Å². The Morgan fingerprint density at radius 2 is 1.75 bits per heavy atom. The summed E-state index contributed by atoms with van der Waals surface area (Å²) in [6.07, 6.45) is 5.79. The van der Waals surface area contributed by atoms with Gasteiger partial charge in [-0.2, -0.15) is 0 Å². The number of amides is 3. The quantitative estimate of drug-likeness (QED) is 0.793. The van der Waals surface area contributed by atoms with Crippen LogP contribution in [0.25, 0.3) is 0 Å². The van der Waals surface area contributed by atoms with E-state index in [1.165, 1.54) is 11.3 Å². The number of nitrogens with zero attached hydrogens (tertiary/aromatic N) is 1. The SMILES string of the molecule is CC(C)[C@H](NC(=O)OC1CCCCC1)C(=O)N1CCC[C@H]1C(N)=O. The van der Waals surface area contributed by atoms with Crippen LogP contribution in [0, 0.1) is 5.92 Å². The van der Waals surface area contributed by atoms with Crippen LogP contribution in [-0.4, -0.2) is 47.5 Å². The molecule has 3 amide bonds. The number of primary amides is 1. The average molecular weight is 339 g/mol. The topological polar surface area (TPSA) is 102 Å². The lowest BCUT2D eigenvalue weighted by molar-refractivity contribution is -0.139. The molecule has 0 bridgehead atoms. The lowest BCUT2D eigenvalue weighted by Crippen LogP contribution is -2.55. The number of alkyl carbamates (subject to hydrolysis) is 1. The highest BCUT2D eigenvalue weighted by Crippen LogP contribution is 2.22. The molecule has 0 aromatic rings. The first-order valence-corrected chi connectivity index (χ1v) is 8.97. The summed E-state index contributed by atoms with van der Waals surface area (Å²) in [7, 11) is 0. The molecule has 0 spiro atoms. The fourth-order valence-corrected chi connectivity index (χ4v) is 3.51. The van der Waals surface area contributed by atoms with Crippen molar-refractivity contribution in [3.05, 3.63) is 0 Å². The Kier molecular flexibility index (Phi) is 6.45. The lowest BCUT2D eigenvalue weighted by atomic mass is 9.98. The van der Waals surface area contributed by atoms with Crippen molar-refractivity contribution in [2.45, 2.75) is 77.0 Å². The van der Waals surface area contributed by atoms with Gasteiger partial charge in [-0.3, -0.25) is 9.59 Å². The Morgan fingerprint density at radius 3 is 2.33 bits per heavy atom. The van der Waals surface area contributed by atoms with Gasteiger partial charge in [-0.15, -0.1) is 0 Å². The first-order chi connectivity index (χ1) is 11.4. The maximum absolute atomic E-state index is 12.8. The Labute approximate surface area is 143 Å². The van der Waals surface area contributed by atoms with Crippen molar-refractivity contribution in [3.63, 3.8) is 0 Å². The van der Waals surface area contributed by atoms with Crippen LogP contribution in [-0.2, 0) is 14.3 Å². The predicted molar refractivity (Wildman–Crippen MR) is 89.0 cm³/mol. The van der Waals surface area contributed by atoms with E-state index < -0.39 is 24.1 Å². The second-order valence-electron chi connectivity index (χ2n) is 7.12. The molecule has 1 aliphatic carbocycles. The van der Waals surface area contributed by atoms with Gasteiger partial charge in [0.2, 0.25) is 11.8 Å². The van der Waals surface area contributed by atoms with E-state index in [-0.39, 0.29) is 17.9 Å². The smallest absolute Gasteiger partial charge is 0.408 e. The van der Waals surface area contributed by atoms with E-state index in [0.29, 0.717) is 13.0 Å². The molecule has 1 saturated heterocycles. The molecule has 0 radical (unpaired) electrons. The zero-order chi connectivity index (χ0) is 17.7. The summed E-state index contributed by atoms with van der Waals surface area (Å²) in [5.41, 5.74) is 5.38. The number of rotatable bonds is 5. The number of hydrogen-bond acceptors (Lipinski definition) is 4. The highest BCUT2D eigenvalue weighted by molar-refractivity contribution is 5.91.